The summed E-state index contributed by atoms with van der Waals surface area (Å²) in [6, 6.07) is 10.1. The molecule has 0 aromatic heterocycles. The van der Waals surface area contributed by atoms with E-state index in [4.69, 9.17) is 9.84 Å². The molecule has 8 heteroatoms. The second-order valence-corrected chi connectivity index (χ2v) is 6.85. The number of rotatable bonds is 5. The van der Waals surface area contributed by atoms with Gasteiger partial charge in [0.05, 0.1) is 12.7 Å². The van der Waals surface area contributed by atoms with Gasteiger partial charge >= 0.3 is 5.97 Å². The lowest BCUT2D eigenvalue weighted by molar-refractivity contribution is 0.0697. The highest BCUT2D eigenvalue weighted by Crippen LogP contribution is 2.29. The first-order valence-corrected chi connectivity index (χ1v) is 8.31. The lowest BCUT2D eigenvalue weighted by atomic mass is 10.2. The van der Waals surface area contributed by atoms with Gasteiger partial charge in [0, 0.05) is 10.2 Å². The molecule has 6 nitrogen and oxygen atoms in total. The number of carboxylic acid groups (broad SMARTS) is 1. The molecule has 0 aliphatic rings. The van der Waals surface area contributed by atoms with Crippen LogP contribution in [0.25, 0.3) is 0 Å². The van der Waals surface area contributed by atoms with Gasteiger partial charge in [0.15, 0.2) is 0 Å². The van der Waals surface area contributed by atoms with Crippen molar-refractivity contribution in [2.75, 3.05) is 11.8 Å². The lowest BCUT2D eigenvalue weighted by Crippen LogP contribution is -2.14. The fraction of sp³-hybridized carbons (Fsp3) is 0.0714. The van der Waals surface area contributed by atoms with Crippen molar-refractivity contribution in [3.05, 3.63) is 52.5 Å². The number of nitrogens with one attached hydrogen (secondary N) is 1. The van der Waals surface area contributed by atoms with Crippen LogP contribution in [0.4, 0.5) is 5.69 Å². The van der Waals surface area contributed by atoms with Crippen LogP contribution in [0.2, 0.25) is 0 Å². The minimum absolute atomic E-state index is 0.0126. The topological polar surface area (TPSA) is 92.7 Å². The van der Waals surface area contributed by atoms with Gasteiger partial charge in [-0.15, -0.1) is 0 Å². The fourth-order valence-electron chi connectivity index (χ4n) is 1.79. The number of hydrogen-bond donors (Lipinski definition) is 2. The number of carboxylic acids is 1. The summed E-state index contributed by atoms with van der Waals surface area (Å²) in [4.78, 5) is 10.9. The van der Waals surface area contributed by atoms with Gasteiger partial charge in [0.1, 0.15) is 10.6 Å². The third-order valence-electron chi connectivity index (χ3n) is 2.78. The second-order valence-electron chi connectivity index (χ2n) is 4.29. The molecule has 0 amide bonds. The molecule has 0 spiro atoms. The first kappa shape index (κ1) is 16.3. The van der Waals surface area contributed by atoms with Gasteiger partial charge in [-0.25, -0.2) is 13.2 Å². The predicted octanol–water partition coefficient (Wildman–Crippen LogP) is 2.96. The van der Waals surface area contributed by atoms with E-state index in [9.17, 15) is 13.2 Å². The molecule has 116 valence electrons. The van der Waals surface area contributed by atoms with Crippen LogP contribution in [0, 0.1) is 0 Å². The Hall–Kier alpha value is -2.06. The molecule has 0 unspecified atom stereocenters. The summed E-state index contributed by atoms with van der Waals surface area (Å²) < 4.78 is 32.9. The maximum atomic E-state index is 12.5. The van der Waals surface area contributed by atoms with Gasteiger partial charge in [-0.3, -0.25) is 4.72 Å². The number of ether oxygens (including phenoxy) is 1. The summed E-state index contributed by atoms with van der Waals surface area (Å²) in [5.74, 6) is -0.953. The number of methoxy groups -OCH3 is 1. The average molecular weight is 386 g/mol. The Balaban J connectivity index is 2.42. The van der Waals surface area contributed by atoms with Gasteiger partial charge in [-0.2, -0.15) is 0 Å². The molecule has 0 atom stereocenters. The number of sulfonamides is 1. The van der Waals surface area contributed by atoms with E-state index >= 15 is 0 Å². The highest BCUT2D eigenvalue weighted by Gasteiger charge is 2.20. The van der Waals surface area contributed by atoms with Gasteiger partial charge in [0.25, 0.3) is 10.0 Å². The van der Waals surface area contributed by atoms with E-state index in [1.165, 1.54) is 43.5 Å². The monoisotopic (exact) mass is 385 g/mol. The highest BCUT2D eigenvalue weighted by atomic mass is 79.9. The molecule has 0 aliphatic heterocycles. The number of carbonyl (C=O) groups is 1. The van der Waals surface area contributed by atoms with E-state index in [0.29, 0.717) is 4.47 Å². The van der Waals surface area contributed by atoms with E-state index in [1.54, 1.807) is 6.07 Å². The number of hydrogen-bond acceptors (Lipinski definition) is 4. The summed E-state index contributed by atoms with van der Waals surface area (Å²) in [7, 11) is -2.55. The number of anilines is 1. The molecule has 0 fully saturated rings. The van der Waals surface area contributed by atoms with Crippen molar-refractivity contribution in [2.45, 2.75) is 4.90 Å². The predicted molar refractivity (Wildman–Crippen MR) is 84.9 cm³/mol. The SMILES string of the molecule is COc1ccc(Br)cc1S(=O)(=O)Nc1cccc(C(=O)O)c1. The molecule has 0 saturated carbocycles. The zero-order valence-electron chi connectivity index (χ0n) is 11.4. The normalized spacial score (nSPS) is 11.0. The Bertz CT molecular complexity index is 820. The molecule has 0 saturated heterocycles. The Morgan fingerprint density at radius 2 is 1.95 bits per heavy atom. The van der Waals surface area contributed by atoms with Crippen LogP contribution < -0.4 is 9.46 Å². The van der Waals surface area contributed by atoms with Crippen LogP contribution in [0.5, 0.6) is 5.75 Å². The molecule has 0 radical (unpaired) electrons. The minimum Gasteiger partial charge on any atom is -0.495 e. The van der Waals surface area contributed by atoms with Crippen molar-refractivity contribution in [2.24, 2.45) is 0 Å². The van der Waals surface area contributed by atoms with Gasteiger partial charge in [0.2, 0.25) is 0 Å². The zero-order valence-corrected chi connectivity index (χ0v) is 13.8. The van der Waals surface area contributed by atoms with Crippen LogP contribution in [0.3, 0.4) is 0 Å². The summed E-state index contributed by atoms with van der Waals surface area (Å²) in [6.45, 7) is 0. The molecular formula is C14H12BrNO5S. The van der Waals surface area contributed by atoms with Crippen molar-refractivity contribution in [3.8, 4) is 5.75 Å². The summed E-state index contributed by atoms with van der Waals surface area (Å²) in [5.41, 5.74) is 0.142. The standard InChI is InChI=1S/C14H12BrNO5S/c1-21-12-6-5-10(15)8-13(12)22(19,20)16-11-4-2-3-9(7-11)14(17)18/h2-8,16H,1H3,(H,17,18). The number of aromatic carboxylic acids is 1. The van der Waals surface area contributed by atoms with E-state index in [-0.39, 0.29) is 21.9 Å². The number of halogens is 1. The maximum Gasteiger partial charge on any atom is 0.335 e. The zero-order chi connectivity index (χ0) is 16.3. The highest BCUT2D eigenvalue weighted by molar-refractivity contribution is 9.10. The van der Waals surface area contributed by atoms with Crippen LogP contribution >= 0.6 is 15.9 Å². The molecule has 2 rings (SSSR count). The van der Waals surface area contributed by atoms with Crippen molar-refractivity contribution in [1.29, 1.82) is 0 Å². The molecular weight excluding hydrogens is 374 g/mol. The third-order valence-corrected chi connectivity index (χ3v) is 4.67. The Morgan fingerprint density at radius 3 is 2.59 bits per heavy atom. The Morgan fingerprint density at radius 1 is 1.23 bits per heavy atom. The quantitative estimate of drug-likeness (QED) is 0.824. The lowest BCUT2D eigenvalue weighted by Gasteiger charge is -2.12. The Kier molecular flexibility index (Phi) is 4.72. The van der Waals surface area contributed by atoms with Crippen LogP contribution in [0.15, 0.2) is 51.8 Å². The molecule has 2 aromatic rings. The summed E-state index contributed by atoms with van der Waals surface area (Å²) >= 11 is 3.21. The maximum absolute atomic E-state index is 12.5. The Labute approximate surface area is 135 Å². The first-order valence-electron chi connectivity index (χ1n) is 6.03. The van der Waals surface area contributed by atoms with Crippen molar-refractivity contribution >= 4 is 37.6 Å². The molecule has 2 N–H and O–H groups in total. The number of benzene rings is 2. The van der Waals surface area contributed by atoms with E-state index in [2.05, 4.69) is 20.7 Å². The molecule has 0 aliphatic carbocycles. The largest absolute Gasteiger partial charge is 0.495 e. The van der Waals surface area contributed by atoms with E-state index in [1.807, 2.05) is 0 Å². The molecule has 22 heavy (non-hydrogen) atoms. The van der Waals surface area contributed by atoms with Crippen molar-refractivity contribution < 1.29 is 23.1 Å². The smallest absolute Gasteiger partial charge is 0.335 e. The minimum atomic E-state index is -3.92. The van der Waals surface area contributed by atoms with Crippen molar-refractivity contribution in [1.82, 2.24) is 0 Å². The molecule has 0 bridgehead atoms. The summed E-state index contributed by atoms with van der Waals surface area (Å²) in [5, 5.41) is 8.94. The molecule has 2 aromatic carbocycles. The first-order chi connectivity index (χ1) is 10.3. The fourth-order valence-corrected chi connectivity index (χ4v) is 3.54. The van der Waals surface area contributed by atoms with Gasteiger partial charge < -0.3 is 9.84 Å². The summed E-state index contributed by atoms with van der Waals surface area (Å²) in [6.07, 6.45) is 0. The van der Waals surface area contributed by atoms with E-state index < -0.39 is 16.0 Å². The second kappa shape index (κ2) is 6.37. The third kappa shape index (κ3) is 3.58. The van der Waals surface area contributed by atoms with Crippen LogP contribution in [-0.4, -0.2) is 26.6 Å². The van der Waals surface area contributed by atoms with E-state index in [0.717, 1.165) is 0 Å². The average Bonchev–Trinajstić information content (AvgIpc) is 2.47. The van der Waals surface area contributed by atoms with Crippen LogP contribution in [-0.2, 0) is 10.0 Å². The molecule has 0 heterocycles. The van der Waals surface area contributed by atoms with Crippen molar-refractivity contribution in [3.63, 3.8) is 0 Å². The van der Waals surface area contributed by atoms with Crippen LogP contribution in [0.1, 0.15) is 10.4 Å². The van der Waals surface area contributed by atoms with Gasteiger partial charge in [-0.05, 0) is 36.4 Å². The van der Waals surface area contributed by atoms with Gasteiger partial charge in [-0.1, -0.05) is 22.0 Å².